The van der Waals surface area contributed by atoms with Crippen LogP contribution in [0.2, 0.25) is 0 Å². The summed E-state index contributed by atoms with van der Waals surface area (Å²) in [6.45, 7) is 5.63. The Hall–Kier alpha value is -2.93. The number of phenols is 1. The van der Waals surface area contributed by atoms with Crippen LogP contribution in [0, 0.1) is 12.3 Å². The molecule has 0 unspecified atom stereocenters. The SMILES string of the molecule is Cc1n[nH]c2nc(-c3ccc(O)cc3)cc(C(=O)N3CCC4(CCNC4)CC3)c12. The molecule has 3 aromatic rings. The van der Waals surface area contributed by atoms with Crippen molar-refractivity contribution in [2.24, 2.45) is 5.41 Å². The second-order valence-electron chi connectivity index (χ2n) is 8.35. The molecular weight excluding hydrogens is 366 g/mol. The number of amides is 1. The van der Waals surface area contributed by atoms with Gasteiger partial charge in [-0.3, -0.25) is 9.89 Å². The number of phenolic OH excluding ortho intramolecular Hbond substituents is 1. The molecule has 7 nitrogen and oxygen atoms in total. The van der Waals surface area contributed by atoms with Crippen LogP contribution in [0.5, 0.6) is 5.75 Å². The number of rotatable bonds is 2. The predicted octanol–water partition coefficient (Wildman–Crippen LogP) is 2.85. The van der Waals surface area contributed by atoms with Crippen LogP contribution in [0.1, 0.15) is 35.3 Å². The first-order valence-electron chi connectivity index (χ1n) is 10.2. The Morgan fingerprint density at radius 1 is 1.17 bits per heavy atom. The molecule has 1 amide bonds. The number of nitrogens with zero attached hydrogens (tertiary/aromatic N) is 3. The molecule has 150 valence electrons. The molecule has 2 aliphatic heterocycles. The number of fused-ring (bicyclic) bond motifs is 1. The van der Waals surface area contributed by atoms with E-state index in [0.29, 0.717) is 22.3 Å². The number of benzene rings is 1. The summed E-state index contributed by atoms with van der Waals surface area (Å²) in [7, 11) is 0. The molecule has 0 saturated carbocycles. The normalized spacial score (nSPS) is 18.6. The lowest BCUT2D eigenvalue weighted by molar-refractivity contribution is 0.0609. The van der Waals surface area contributed by atoms with Gasteiger partial charge >= 0.3 is 0 Å². The van der Waals surface area contributed by atoms with E-state index in [0.717, 1.165) is 55.7 Å². The van der Waals surface area contributed by atoms with Crippen molar-refractivity contribution in [3.05, 3.63) is 41.6 Å². The first kappa shape index (κ1) is 18.1. The summed E-state index contributed by atoms with van der Waals surface area (Å²) in [5, 5.41) is 21.1. The monoisotopic (exact) mass is 391 g/mol. The van der Waals surface area contributed by atoms with Crippen LogP contribution in [0.15, 0.2) is 30.3 Å². The Bertz CT molecular complexity index is 1060. The molecule has 0 aliphatic carbocycles. The minimum atomic E-state index is 0.0442. The van der Waals surface area contributed by atoms with Gasteiger partial charge in [0.15, 0.2) is 5.65 Å². The lowest BCUT2D eigenvalue weighted by Crippen LogP contribution is -2.44. The number of pyridine rings is 1. The molecule has 1 aromatic carbocycles. The third kappa shape index (κ3) is 3.15. The van der Waals surface area contributed by atoms with Crippen molar-refractivity contribution in [3.8, 4) is 17.0 Å². The van der Waals surface area contributed by atoms with Gasteiger partial charge in [0.25, 0.3) is 5.91 Å². The van der Waals surface area contributed by atoms with Crippen molar-refractivity contribution in [2.45, 2.75) is 26.2 Å². The summed E-state index contributed by atoms with van der Waals surface area (Å²) in [5.41, 5.74) is 3.95. The zero-order valence-corrected chi connectivity index (χ0v) is 16.5. The lowest BCUT2D eigenvalue weighted by Gasteiger charge is -2.39. The summed E-state index contributed by atoms with van der Waals surface area (Å²) in [6, 6.07) is 8.72. The minimum absolute atomic E-state index is 0.0442. The molecule has 1 spiro atoms. The molecular formula is C22H25N5O2. The van der Waals surface area contributed by atoms with Gasteiger partial charge in [0.05, 0.1) is 22.3 Å². The van der Waals surface area contributed by atoms with Crippen LogP contribution < -0.4 is 5.32 Å². The van der Waals surface area contributed by atoms with Gasteiger partial charge in [0.2, 0.25) is 0 Å². The number of H-pyrrole nitrogens is 1. The Labute approximate surface area is 169 Å². The van der Waals surface area contributed by atoms with Crippen LogP contribution in [0.25, 0.3) is 22.3 Å². The zero-order valence-electron chi connectivity index (χ0n) is 16.5. The second kappa shape index (κ2) is 6.84. The number of hydrogen-bond donors (Lipinski definition) is 3. The Balaban J connectivity index is 1.50. The maximum atomic E-state index is 13.5. The zero-order chi connectivity index (χ0) is 20.0. The van der Waals surface area contributed by atoms with E-state index in [9.17, 15) is 9.90 Å². The molecule has 2 aromatic heterocycles. The first-order chi connectivity index (χ1) is 14.0. The standard InChI is InChI=1S/C22H25N5O2/c1-14-19-17(21(29)27-10-7-22(8-11-27)6-9-23-13-22)12-18(24-20(19)26-25-14)15-2-4-16(28)5-3-15/h2-5,12,23,28H,6-11,13H2,1H3,(H,24,25,26). The van der Waals surface area contributed by atoms with E-state index in [4.69, 9.17) is 0 Å². The Morgan fingerprint density at radius 2 is 1.93 bits per heavy atom. The molecule has 5 rings (SSSR count). The van der Waals surface area contributed by atoms with E-state index >= 15 is 0 Å². The molecule has 2 fully saturated rings. The number of carbonyl (C=O) groups excluding carboxylic acids is 1. The number of aryl methyl sites for hydroxylation is 1. The molecule has 2 saturated heterocycles. The maximum Gasteiger partial charge on any atom is 0.254 e. The fourth-order valence-electron chi connectivity index (χ4n) is 4.71. The number of aromatic amines is 1. The highest BCUT2D eigenvalue weighted by Gasteiger charge is 2.38. The summed E-state index contributed by atoms with van der Waals surface area (Å²) in [6.07, 6.45) is 3.31. The average molecular weight is 391 g/mol. The van der Waals surface area contributed by atoms with Crippen molar-refractivity contribution < 1.29 is 9.90 Å². The third-order valence-corrected chi connectivity index (χ3v) is 6.55. The largest absolute Gasteiger partial charge is 0.508 e. The van der Waals surface area contributed by atoms with Gasteiger partial charge in [-0.05, 0) is 68.5 Å². The van der Waals surface area contributed by atoms with E-state index in [1.807, 2.05) is 17.9 Å². The summed E-state index contributed by atoms with van der Waals surface area (Å²) < 4.78 is 0. The second-order valence-corrected chi connectivity index (χ2v) is 8.35. The van der Waals surface area contributed by atoms with E-state index < -0.39 is 0 Å². The molecule has 0 bridgehead atoms. The molecule has 3 N–H and O–H groups in total. The lowest BCUT2D eigenvalue weighted by atomic mass is 9.77. The number of nitrogens with one attached hydrogen (secondary N) is 2. The molecule has 29 heavy (non-hydrogen) atoms. The predicted molar refractivity (Wildman–Crippen MR) is 111 cm³/mol. The van der Waals surface area contributed by atoms with Crippen LogP contribution in [-0.4, -0.2) is 57.3 Å². The third-order valence-electron chi connectivity index (χ3n) is 6.55. The van der Waals surface area contributed by atoms with Crippen LogP contribution >= 0.6 is 0 Å². The summed E-state index contributed by atoms with van der Waals surface area (Å²) >= 11 is 0. The number of piperidine rings is 1. The van der Waals surface area contributed by atoms with Crippen LogP contribution in [0.3, 0.4) is 0 Å². The van der Waals surface area contributed by atoms with Crippen molar-refractivity contribution in [1.29, 1.82) is 0 Å². The van der Waals surface area contributed by atoms with Gasteiger partial charge in [0, 0.05) is 25.2 Å². The molecule has 7 heteroatoms. The van der Waals surface area contributed by atoms with Gasteiger partial charge < -0.3 is 15.3 Å². The first-order valence-corrected chi connectivity index (χ1v) is 10.2. The highest BCUT2D eigenvalue weighted by molar-refractivity contribution is 6.07. The highest BCUT2D eigenvalue weighted by atomic mass is 16.3. The molecule has 4 heterocycles. The van der Waals surface area contributed by atoms with Crippen molar-refractivity contribution >= 4 is 16.9 Å². The molecule has 0 radical (unpaired) electrons. The molecule has 0 atom stereocenters. The van der Waals surface area contributed by atoms with Crippen molar-refractivity contribution in [3.63, 3.8) is 0 Å². The maximum absolute atomic E-state index is 13.5. The Kier molecular flexibility index (Phi) is 4.28. The van der Waals surface area contributed by atoms with Gasteiger partial charge in [0.1, 0.15) is 5.75 Å². The van der Waals surface area contributed by atoms with Crippen LogP contribution in [-0.2, 0) is 0 Å². The van der Waals surface area contributed by atoms with E-state index in [1.54, 1.807) is 24.3 Å². The van der Waals surface area contributed by atoms with Gasteiger partial charge in [-0.25, -0.2) is 4.98 Å². The quantitative estimate of drug-likeness (QED) is 0.625. The van der Waals surface area contributed by atoms with E-state index in [-0.39, 0.29) is 11.7 Å². The van der Waals surface area contributed by atoms with E-state index in [1.165, 1.54) is 6.42 Å². The number of aromatic nitrogens is 3. The fraction of sp³-hybridized carbons (Fsp3) is 0.409. The Morgan fingerprint density at radius 3 is 2.62 bits per heavy atom. The number of hydrogen-bond acceptors (Lipinski definition) is 5. The smallest absolute Gasteiger partial charge is 0.254 e. The number of carbonyl (C=O) groups is 1. The number of aromatic hydroxyl groups is 1. The van der Waals surface area contributed by atoms with Crippen molar-refractivity contribution in [2.75, 3.05) is 26.2 Å². The minimum Gasteiger partial charge on any atom is -0.508 e. The fourth-order valence-corrected chi connectivity index (χ4v) is 4.71. The topological polar surface area (TPSA) is 94.1 Å². The van der Waals surface area contributed by atoms with Crippen molar-refractivity contribution in [1.82, 2.24) is 25.4 Å². The van der Waals surface area contributed by atoms with E-state index in [2.05, 4.69) is 20.5 Å². The van der Waals surface area contributed by atoms with Gasteiger partial charge in [-0.1, -0.05) is 0 Å². The highest BCUT2D eigenvalue weighted by Crippen LogP contribution is 2.38. The number of likely N-dealkylation sites (tertiary alicyclic amines) is 1. The summed E-state index contributed by atoms with van der Waals surface area (Å²) in [5.74, 6) is 0.245. The summed E-state index contributed by atoms with van der Waals surface area (Å²) in [4.78, 5) is 20.1. The molecule has 2 aliphatic rings. The average Bonchev–Trinajstić information content (AvgIpc) is 3.35. The van der Waals surface area contributed by atoms with Gasteiger partial charge in [-0.15, -0.1) is 0 Å². The van der Waals surface area contributed by atoms with Gasteiger partial charge in [-0.2, -0.15) is 5.10 Å². The van der Waals surface area contributed by atoms with Crippen LogP contribution in [0.4, 0.5) is 0 Å².